The Balaban J connectivity index is 1.05. The predicted octanol–water partition coefficient (Wildman–Crippen LogP) is 2.96. The smallest absolute Gasteiger partial charge is 0.232 e. The molecule has 0 radical (unpaired) electrons. The zero-order chi connectivity index (χ0) is 24.0. The summed E-state index contributed by atoms with van der Waals surface area (Å²) < 4.78 is 0. The van der Waals surface area contributed by atoms with Crippen molar-refractivity contribution in [2.45, 2.75) is 32.1 Å². The molecule has 5 rings (SSSR count). The molecule has 4 aromatic heterocycles. The van der Waals surface area contributed by atoms with Gasteiger partial charge in [-0.3, -0.25) is 19.6 Å². The molecule has 1 saturated carbocycles. The molecule has 0 saturated heterocycles. The van der Waals surface area contributed by atoms with E-state index in [2.05, 4.69) is 41.0 Å². The van der Waals surface area contributed by atoms with Gasteiger partial charge in [-0.2, -0.15) is 0 Å². The van der Waals surface area contributed by atoms with Crippen molar-refractivity contribution in [3.63, 3.8) is 0 Å². The largest absolute Gasteiger partial charge is 0.300 e. The number of nitrogens with zero attached hydrogens (tertiary/aromatic N) is 6. The van der Waals surface area contributed by atoms with E-state index in [4.69, 9.17) is 0 Å². The third kappa shape index (κ3) is 6.70. The van der Waals surface area contributed by atoms with Gasteiger partial charge in [-0.15, -0.1) is 20.4 Å². The highest BCUT2D eigenvalue weighted by atomic mass is 32.1. The summed E-state index contributed by atoms with van der Waals surface area (Å²) in [6.45, 7) is 0. The summed E-state index contributed by atoms with van der Waals surface area (Å²) in [6.07, 6.45) is 6.47. The topological polar surface area (TPSA) is 136 Å². The van der Waals surface area contributed by atoms with Gasteiger partial charge in [0.05, 0.1) is 12.8 Å². The third-order valence-corrected chi connectivity index (χ3v) is 7.23. The lowest BCUT2D eigenvalue weighted by Gasteiger charge is -2.00. The summed E-state index contributed by atoms with van der Waals surface area (Å²) >= 11 is 2.81. The molecule has 10 nitrogen and oxygen atoms in total. The molecule has 4 aromatic rings. The molecule has 4 heterocycles. The van der Waals surface area contributed by atoms with E-state index in [0.717, 1.165) is 29.3 Å². The molecule has 12 heteroatoms. The highest BCUT2D eigenvalue weighted by Crippen LogP contribution is 2.44. The van der Waals surface area contributed by atoms with Gasteiger partial charge in [0, 0.05) is 36.6 Å². The first-order chi connectivity index (χ1) is 17.1. The van der Waals surface area contributed by atoms with Crippen LogP contribution in [0.1, 0.15) is 27.8 Å². The molecule has 1 aliphatic rings. The summed E-state index contributed by atoms with van der Waals surface area (Å²) in [7, 11) is 0. The number of carbonyl (C=O) groups is 2. The van der Waals surface area contributed by atoms with Crippen LogP contribution < -0.4 is 10.6 Å². The van der Waals surface area contributed by atoms with Crippen LogP contribution in [-0.2, 0) is 35.3 Å². The minimum atomic E-state index is -0.158. The molecule has 0 aromatic carbocycles. The monoisotopic (exact) mass is 506 g/mol. The molecule has 35 heavy (non-hydrogen) atoms. The van der Waals surface area contributed by atoms with Crippen LogP contribution in [0.2, 0.25) is 0 Å². The first-order valence-corrected chi connectivity index (χ1v) is 12.8. The number of hydrogen-bond acceptors (Lipinski definition) is 10. The van der Waals surface area contributed by atoms with Gasteiger partial charge >= 0.3 is 0 Å². The molecular weight excluding hydrogens is 484 g/mol. The van der Waals surface area contributed by atoms with Gasteiger partial charge in [0.25, 0.3) is 0 Å². The van der Waals surface area contributed by atoms with Crippen molar-refractivity contribution in [2.75, 3.05) is 10.6 Å². The van der Waals surface area contributed by atoms with Gasteiger partial charge < -0.3 is 10.6 Å². The third-order valence-electron chi connectivity index (χ3n) is 5.50. The van der Waals surface area contributed by atoms with Gasteiger partial charge in [-0.25, -0.2) is 0 Å². The lowest BCUT2D eigenvalue weighted by atomic mass is 10.2. The Morgan fingerprint density at radius 1 is 0.743 bits per heavy atom. The Hall–Kier alpha value is -3.64. The lowest BCUT2D eigenvalue weighted by Crippen LogP contribution is -2.14. The normalized spacial score (nSPS) is 16.6. The quantitative estimate of drug-likeness (QED) is 0.335. The van der Waals surface area contributed by atoms with Crippen LogP contribution in [0.4, 0.5) is 10.3 Å². The molecule has 0 unspecified atom stereocenters. The van der Waals surface area contributed by atoms with Gasteiger partial charge in [-0.1, -0.05) is 34.8 Å². The van der Waals surface area contributed by atoms with E-state index < -0.39 is 0 Å². The van der Waals surface area contributed by atoms with Crippen molar-refractivity contribution in [3.8, 4) is 0 Å². The number of nitrogens with one attached hydrogen (secondary N) is 2. The SMILES string of the molecule is O=C(Cc1ccccn1)Nc1nnc(C[C@H]2C[C@@H]2Cc2nnc(NC(=O)Cc3ccccn3)s2)s1. The molecule has 2 atom stereocenters. The van der Waals surface area contributed by atoms with E-state index in [0.29, 0.717) is 33.5 Å². The minimum absolute atomic E-state index is 0.158. The maximum absolute atomic E-state index is 12.2. The Bertz CT molecular complexity index is 1200. The number of anilines is 2. The van der Waals surface area contributed by atoms with Crippen LogP contribution in [-0.4, -0.2) is 42.2 Å². The molecule has 2 amide bonds. The van der Waals surface area contributed by atoms with E-state index in [1.807, 2.05) is 36.4 Å². The van der Waals surface area contributed by atoms with Crippen LogP contribution in [0.5, 0.6) is 0 Å². The van der Waals surface area contributed by atoms with Crippen molar-refractivity contribution in [1.82, 2.24) is 30.4 Å². The second-order valence-corrected chi connectivity index (χ2v) is 10.4. The van der Waals surface area contributed by atoms with Gasteiger partial charge in [0.2, 0.25) is 22.1 Å². The van der Waals surface area contributed by atoms with Crippen molar-refractivity contribution in [1.29, 1.82) is 0 Å². The summed E-state index contributed by atoms with van der Waals surface area (Å²) in [4.78, 5) is 32.7. The zero-order valence-corrected chi connectivity index (χ0v) is 20.3. The fourth-order valence-corrected chi connectivity index (χ4v) is 5.39. The Kier molecular flexibility index (Phi) is 7.09. The Morgan fingerprint density at radius 3 is 1.66 bits per heavy atom. The number of carbonyl (C=O) groups excluding carboxylic acids is 2. The highest BCUT2D eigenvalue weighted by Gasteiger charge is 2.38. The van der Waals surface area contributed by atoms with E-state index in [1.54, 1.807) is 12.4 Å². The van der Waals surface area contributed by atoms with Crippen LogP contribution in [0.3, 0.4) is 0 Å². The fourth-order valence-electron chi connectivity index (χ4n) is 3.69. The molecule has 1 fully saturated rings. The second kappa shape index (κ2) is 10.7. The van der Waals surface area contributed by atoms with E-state index in [1.165, 1.54) is 22.7 Å². The van der Waals surface area contributed by atoms with E-state index in [9.17, 15) is 9.59 Å². The average molecular weight is 507 g/mol. The summed E-state index contributed by atoms with van der Waals surface area (Å²) in [5.41, 5.74) is 1.42. The Morgan fingerprint density at radius 2 is 1.23 bits per heavy atom. The fraction of sp³-hybridized carbons (Fsp3) is 0.304. The maximum atomic E-state index is 12.2. The molecule has 178 valence electrons. The molecule has 0 aliphatic heterocycles. The second-order valence-electron chi connectivity index (χ2n) is 8.26. The maximum Gasteiger partial charge on any atom is 0.232 e. The zero-order valence-electron chi connectivity index (χ0n) is 18.6. The van der Waals surface area contributed by atoms with Crippen molar-refractivity contribution in [3.05, 3.63) is 70.2 Å². The number of aromatic nitrogens is 6. The van der Waals surface area contributed by atoms with Crippen LogP contribution in [0.25, 0.3) is 0 Å². The number of rotatable bonds is 10. The van der Waals surface area contributed by atoms with Gasteiger partial charge in [0.1, 0.15) is 10.0 Å². The molecule has 2 N–H and O–H groups in total. The number of pyridine rings is 2. The van der Waals surface area contributed by atoms with Crippen molar-refractivity contribution < 1.29 is 9.59 Å². The average Bonchev–Trinajstić information content (AvgIpc) is 3.18. The number of hydrogen-bond donors (Lipinski definition) is 2. The number of amides is 2. The van der Waals surface area contributed by atoms with Crippen LogP contribution in [0, 0.1) is 11.8 Å². The van der Waals surface area contributed by atoms with E-state index in [-0.39, 0.29) is 24.7 Å². The minimum Gasteiger partial charge on any atom is -0.300 e. The highest BCUT2D eigenvalue weighted by molar-refractivity contribution is 7.15. The van der Waals surface area contributed by atoms with Crippen molar-refractivity contribution >= 4 is 44.8 Å². The van der Waals surface area contributed by atoms with Crippen LogP contribution >= 0.6 is 22.7 Å². The van der Waals surface area contributed by atoms with Gasteiger partial charge in [-0.05, 0) is 42.5 Å². The van der Waals surface area contributed by atoms with Crippen molar-refractivity contribution in [2.24, 2.45) is 11.8 Å². The first kappa shape index (κ1) is 23.1. The first-order valence-electron chi connectivity index (χ1n) is 11.1. The standard InChI is InChI=1S/C23H22N8O2S2/c32-18(12-16-5-1-3-7-24-16)26-22-30-28-20(34-22)10-14-9-15(14)11-21-29-31-23(35-21)27-19(33)13-17-6-2-4-8-25-17/h1-8,14-15H,9-13H2,(H,26,30,32)(H,27,31,33)/t14-,15-/m1/s1. The molecule has 0 spiro atoms. The molecule has 1 aliphatic carbocycles. The summed E-state index contributed by atoms with van der Waals surface area (Å²) in [5.74, 6) is 0.696. The summed E-state index contributed by atoms with van der Waals surface area (Å²) in [6, 6.07) is 11.0. The van der Waals surface area contributed by atoms with Gasteiger partial charge in [0.15, 0.2) is 0 Å². The van der Waals surface area contributed by atoms with Crippen LogP contribution in [0.15, 0.2) is 48.8 Å². The summed E-state index contributed by atoms with van der Waals surface area (Å²) in [5, 5.41) is 25.1. The molecular formula is C23H22N8O2S2. The molecule has 0 bridgehead atoms. The predicted molar refractivity (Wildman–Crippen MR) is 132 cm³/mol. The lowest BCUT2D eigenvalue weighted by molar-refractivity contribution is -0.116. The van der Waals surface area contributed by atoms with E-state index >= 15 is 0 Å². The Labute approximate surface area is 209 Å².